The van der Waals surface area contributed by atoms with E-state index in [1.54, 1.807) is 0 Å². The molecule has 0 spiro atoms. The molecule has 0 fully saturated rings. The minimum Gasteiger partial charge on any atom is -0.398 e. The average molecular weight is 284 g/mol. The second kappa shape index (κ2) is 8.04. The zero-order chi connectivity index (χ0) is 15.1. The summed E-state index contributed by atoms with van der Waals surface area (Å²) < 4.78 is 0. The van der Waals surface area contributed by atoms with Gasteiger partial charge in [0.2, 0.25) is 0 Å². The van der Waals surface area contributed by atoms with E-state index >= 15 is 0 Å². The Balaban J connectivity index is 2.16. The highest BCUT2D eigenvalue weighted by atomic mass is 15.1. The third-order valence-electron chi connectivity index (χ3n) is 4.06. The molecule has 0 aliphatic carbocycles. The van der Waals surface area contributed by atoms with Gasteiger partial charge in [0, 0.05) is 12.2 Å². The van der Waals surface area contributed by atoms with E-state index in [0.29, 0.717) is 0 Å². The van der Waals surface area contributed by atoms with Gasteiger partial charge in [-0.1, -0.05) is 51.0 Å². The Morgan fingerprint density at radius 2 is 1.48 bits per heavy atom. The summed E-state index contributed by atoms with van der Waals surface area (Å²) in [5, 5.41) is 2.51. The third kappa shape index (κ3) is 4.47. The van der Waals surface area contributed by atoms with Crippen LogP contribution in [-0.2, 0) is 6.54 Å². The molecule has 2 rings (SSSR count). The smallest absolute Gasteiger partial charge is 0.0366 e. The van der Waals surface area contributed by atoms with Crippen molar-refractivity contribution in [2.75, 3.05) is 18.8 Å². The molecule has 0 aliphatic heterocycles. The highest BCUT2D eigenvalue weighted by Gasteiger charge is 2.08. The van der Waals surface area contributed by atoms with Gasteiger partial charge < -0.3 is 5.73 Å². The number of nitrogens with zero attached hydrogens (tertiary/aromatic N) is 1. The van der Waals surface area contributed by atoms with E-state index in [9.17, 15) is 0 Å². The van der Waals surface area contributed by atoms with Crippen LogP contribution in [0.1, 0.15) is 45.1 Å². The monoisotopic (exact) mass is 284 g/mol. The van der Waals surface area contributed by atoms with Crippen molar-refractivity contribution in [2.24, 2.45) is 0 Å². The normalized spacial score (nSPS) is 11.4. The molecule has 21 heavy (non-hydrogen) atoms. The van der Waals surface area contributed by atoms with Crippen LogP contribution in [0.4, 0.5) is 5.69 Å². The Morgan fingerprint density at radius 1 is 0.905 bits per heavy atom. The van der Waals surface area contributed by atoms with Crippen molar-refractivity contribution < 1.29 is 0 Å². The predicted octanol–water partition coefficient (Wildman–Crippen LogP) is 4.82. The Kier molecular flexibility index (Phi) is 6.06. The van der Waals surface area contributed by atoms with Crippen LogP contribution < -0.4 is 5.73 Å². The van der Waals surface area contributed by atoms with E-state index in [2.05, 4.69) is 55.1 Å². The largest absolute Gasteiger partial charge is 0.398 e. The molecule has 114 valence electrons. The minimum absolute atomic E-state index is 0.923. The number of anilines is 1. The first-order valence-corrected chi connectivity index (χ1v) is 8.24. The lowest BCUT2D eigenvalue weighted by Gasteiger charge is -2.23. The number of nitrogens with two attached hydrogens (primary N) is 1. The lowest BCUT2D eigenvalue weighted by molar-refractivity contribution is 0.257. The van der Waals surface area contributed by atoms with Gasteiger partial charge in [0.25, 0.3) is 0 Å². The molecule has 2 heteroatoms. The SMILES string of the molecule is CCCCN(CCCC)Cc1cc2ccccc2cc1N. The lowest BCUT2D eigenvalue weighted by atomic mass is 10.0. The van der Waals surface area contributed by atoms with Crippen molar-refractivity contribution in [1.29, 1.82) is 0 Å². The molecule has 0 radical (unpaired) electrons. The van der Waals surface area contributed by atoms with E-state index < -0.39 is 0 Å². The number of nitrogen functional groups attached to an aromatic ring is 1. The molecule has 0 atom stereocenters. The number of benzene rings is 2. The molecule has 2 aromatic rings. The Labute approximate surface area is 128 Å². The summed E-state index contributed by atoms with van der Waals surface area (Å²) in [5.41, 5.74) is 8.45. The zero-order valence-corrected chi connectivity index (χ0v) is 13.4. The summed E-state index contributed by atoms with van der Waals surface area (Å²) in [6.45, 7) is 7.81. The molecule has 2 N–H and O–H groups in total. The molecular formula is C19H28N2. The highest BCUT2D eigenvalue weighted by Crippen LogP contribution is 2.23. The van der Waals surface area contributed by atoms with E-state index in [4.69, 9.17) is 5.73 Å². The molecule has 0 unspecified atom stereocenters. The molecule has 0 saturated heterocycles. The lowest BCUT2D eigenvalue weighted by Crippen LogP contribution is -2.26. The summed E-state index contributed by atoms with van der Waals surface area (Å²) in [6, 6.07) is 12.8. The molecule has 0 bridgehead atoms. The van der Waals surface area contributed by atoms with E-state index in [-0.39, 0.29) is 0 Å². The standard InChI is InChI=1S/C19H28N2/c1-3-5-11-21(12-6-4-2)15-18-13-16-9-7-8-10-17(16)14-19(18)20/h7-10,13-14H,3-6,11-12,15,20H2,1-2H3. The Hall–Kier alpha value is -1.54. The van der Waals surface area contributed by atoms with Crippen molar-refractivity contribution >= 4 is 16.5 Å². The van der Waals surface area contributed by atoms with Crippen LogP contribution in [-0.4, -0.2) is 18.0 Å². The molecule has 2 aromatic carbocycles. The summed E-state index contributed by atoms with van der Waals surface area (Å²) in [4.78, 5) is 2.55. The molecule has 0 saturated carbocycles. The number of fused-ring (bicyclic) bond motifs is 1. The molecule has 0 aliphatic rings. The summed E-state index contributed by atoms with van der Waals surface area (Å²) in [7, 11) is 0. The van der Waals surface area contributed by atoms with E-state index in [1.807, 2.05) is 0 Å². The van der Waals surface area contributed by atoms with Crippen molar-refractivity contribution in [3.05, 3.63) is 42.0 Å². The number of hydrogen-bond acceptors (Lipinski definition) is 2. The van der Waals surface area contributed by atoms with Gasteiger partial charge in [-0.05, 0) is 54.4 Å². The van der Waals surface area contributed by atoms with Crippen LogP contribution in [0.2, 0.25) is 0 Å². The number of rotatable bonds is 8. The maximum atomic E-state index is 6.27. The van der Waals surface area contributed by atoms with Crippen molar-refractivity contribution in [1.82, 2.24) is 4.90 Å². The van der Waals surface area contributed by atoms with Crippen molar-refractivity contribution in [3.63, 3.8) is 0 Å². The highest BCUT2D eigenvalue weighted by molar-refractivity contribution is 5.86. The molecule has 0 aromatic heterocycles. The predicted molar refractivity (Wildman–Crippen MR) is 93.5 cm³/mol. The van der Waals surface area contributed by atoms with Crippen LogP contribution in [0.3, 0.4) is 0 Å². The quantitative estimate of drug-likeness (QED) is 0.704. The van der Waals surface area contributed by atoms with Crippen LogP contribution in [0.25, 0.3) is 10.8 Å². The number of unbranched alkanes of at least 4 members (excludes halogenated alkanes) is 2. The maximum Gasteiger partial charge on any atom is 0.0366 e. The molecular weight excluding hydrogens is 256 g/mol. The zero-order valence-electron chi connectivity index (χ0n) is 13.4. The fourth-order valence-electron chi connectivity index (χ4n) is 2.72. The van der Waals surface area contributed by atoms with Crippen LogP contribution in [0, 0.1) is 0 Å². The summed E-state index contributed by atoms with van der Waals surface area (Å²) in [6.07, 6.45) is 5.01. The first-order valence-electron chi connectivity index (χ1n) is 8.24. The second-order valence-corrected chi connectivity index (χ2v) is 5.88. The topological polar surface area (TPSA) is 29.3 Å². The second-order valence-electron chi connectivity index (χ2n) is 5.88. The number of hydrogen-bond donors (Lipinski definition) is 1. The minimum atomic E-state index is 0.923. The molecule has 2 nitrogen and oxygen atoms in total. The third-order valence-corrected chi connectivity index (χ3v) is 4.06. The Bertz CT molecular complexity index is 554. The van der Waals surface area contributed by atoms with Gasteiger partial charge in [-0.3, -0.25) is 4.90 Å². The maximum absolute atomic E-state index is 6.27. The van der Waals surface area contributed by atoms with Crippen molar-refractivity contribution in [2.45, 2.75) is 46.1 Å². The first kappa shape index (κ1) is 15.8. The summed E-state index contributed by atoms with van der Waals surface area (Å²) in [5.74, 6) is 0. The first-order chi connectivity index (χ1) is 10.2. The van der Waals surface area contributed by atoms with Crippen LogP contribution in [0.15, 0.2) is 36.4 Å². The van der Waals surface area contributed by atoms with Gasteiger partial charge in [0.1, 0.15) is 0 Å². The van der Waals surface area contributed by atoms with Crippen LogP contribution >= 0.6 is 0 Å². The van der Waals surface area contributed by atoms with E-state index in [1.165, 1.54) is 55.1 Å². The van der Waals surface area contributed by atoms with Gasteiger partial charge in [-0.25, -0.2) is 0 Å². The fourth-order valence-corrected chi connectivity index (χ4v) is 2.72. The van der Waals surface area contributed by atoms with Gasteiger partial charge in [-0.15, -0.1) is 0 Å². The molecule has 0 heterocycles. The van der Waals surface area contributed by atoms with Gasteiger partial charge >= 0.3 is 0 Å². The Morgan fingerprint density at radius 3 is 2.05 bits per heavy atom. The average Bonchev–Trinajstić information content (AvgIpc) is 2.50. The molecule has 0 amide bonds. The van der Waals surface area contributed by atoms with Gasteiger partial charge in [-0.2, -0.15) is 0 Å². The van der Waals surface area contributed by atoms with Crippen molar-refractivity contribution in [3.8, 4) is 0 Å². The van der Waals surface area contributed by atoms with E-state index in [0.717, 1.165) is 12.2 Å². The summed E-state index contributed by atoms with van der Waals surface area (Å²) >= 11 is 0. The fraction of sp³-hybridized carbons (Fsp3) is 0.474. The van der Waals surface area contributed by atoms with Gasteiger partial charge in [0.05, 0.1) is 0 Å². The van der Waals surface area contributed by atoms with Crippen LogP contribution in [0.5, 0.6) is 0 Å². The van der Waals surface area contributed by atoms with Gasteiger partial charge in [0.15, 0.2) is 0 Å².